The van der Waals surface area contributed by atoms with Crippen molar-refractivity contribution in [1.29, 1.82) is 0 Å². The van der Waals surface area contributed by atoms with Crippen molar-refractivity contribution >= 4 is 27.4 Å². The summed E-state index contributed by atoms with van der Waals surface area (Å²) in [6.45, 7) is 0. The number of nitrogens with zero attached hydrogens (tertiary/aromatic N) is 1. The number of nitro benzene ring substituents is 1. The van der Waals surface area contributed by atoms with Crippen LogP contribution >= 0.6 is 15.9 Å². The standard InChI is InChI=1S/C9H6BrNO3/c10-5-3-7-6(1-2-9(7)12)8(4-5)11(13)14/h3-4H,1-2H2. The van der Waals surface area contributed by atoms with E-state index >= 15 is 0 Å². The molecule has 0 saturated carbocycles. The molecule has 4 nitrogen and oxygen atoms in total. The summed E-state index contributed by atoms with van der Waals surface area (Å²) >= 11 is 3.15. The molecule has 1 aromatic carbocycles. The van der Waals surface area contributed by atoms with E-state index in [9.17, 15) is 14.9 Å². The van der Waals surface area contributed by atoms with Gasteiger partial charge in [0, 0.05) is 28.1 Å². The predicted molar refractivity (Wildman–Crippen MR) is 53.4 cm³/mol. The summed E-state index contributed by atoms with van der Waals surface area (Å²) in [5.41, 5.74) is 1.11. The zero-order valence-corrected chi connectivity index (χ0v) is 8.70. The number of carbonyl (C=O) groups excluding carboxylic acids is 1. The van der Waals surface area contributed by atoms with Crippen LogP contribution in [0.25, 0.3) is 0 Å². The molecule has 0 radical (unpaired) electrons. The molecule has 0 N–H and O–H groups in total. The highest BCUT2D eigenvalue weighted by molar-refractivity contribution is 9.10. The van der Waals surface area contributed by atoms with Crippen LogP contribution in [0.15, 0.2) is 16.6 Å². The average Bonchev–Trinajstić information content (AvgIpc) is 2.47. The van der Waals surface area contributed by atoms with Crippen molar-refractivity contribution < 1.29 is 9.72 Å². The van der Waals surface area contributed by atoms with Crippen molar-refractivity contribution in [3.8, 4) is 0 Å². The largest absolute Gasteiger partial charge is 0.294 e. The van der Waals surface area contributed by atoms with E-state index < -0.39 is 4.92 Å². The van der Waals surface area contributed by atoms with Gasteiger partial charge in [0.25, 0.3) is 5.69 Å². The van der Waals surface area contributed by atoms with Gasteiger partial charge in [-0.2, -0.15) is 0 Å². The fraction of sp³-hybridized carbons (Fsp3) is 0.222. The first kappa shape index (κ1) is 9.33. The van der Waals surface area contributed by atoms with Gasteiger partial charge in [-0.05, 0) is 12.5 Å². The fourth-order valence-electron chi connectivity index (χ4n) is 1.67. The van der Waals surface area contributed by atoms with Crippen molar-refractivity contribution in [2.75, 3.05) is 0 Å². The molecular formula is C9H6BrNO3. The maximum absolute atomic E-state index is 11.3. The number of carbonyl (C=O) groups is 1. The number of fused-ring (bicyclic) bond motifs is 1. The Balaban J connectivity index is 2.69. The minimum Gasteiger partial charge on any atom is -0.294 e. The van der Waals surface area contributed by atoms with E-state index in [0.717, 1.165) is 0 Å². The van der Waals surface area contributed by atoms with Crippen LogP contribution in [-0.2, 0) is 6.42 Å². The molecule has 0 aromatic heterocycles. The smallest absolute Gasteiger partial charge is 0.274 e. The minimum atomic E-state index is -0.442. The van der Waals surface area contributed by atoms with Crippen molar-refractivity contribution in [3.63, 3.8) is 0 Å². The van der Waals surface area contributed by atoms with Gasteiger partial charge in [0.05, 0.1) is 4.92 Å². The number of halogens is 1. The van der Waals surface area contributed by atoms with E-state index in [1.54, 1.807) is 6.07 Å². The Morgan fingerprint density at radius 2 is 2.07 bits per heavy atom. The lowest BCUT2D eigenvalue weighted by molar-refractivity contribution is -0.385. The normalized spacial score (nSPS) is 14.2. The van der Waals surface area contributed by atoms with Crippen LogP contribution in [0.2, 0.25) is 0 Å². The number of Topliss-reactive ketones (excluding diaryl/α,β-unsaturated/α-hetero) is 1. The summed E-state index contributed by atoms with van der Waals surface area (Å²) in [6, 6.07) is 3.09. The van der Waals surface area contributed by atoms with Crippen molar-refractivity contribution in [2.24, 2.45) is 0 Å². The van der Waals surface area contributed by atoms with Gasteiger partial charge < -0.3 is 0 Å². The van der Waals surface area contributed by atoms with Crippen LogP contribution in [0, 0.1) is 10.1 Å². The second-order valence-electron chi connectivity index (χ2n) is 3.13. The molecule has 0 bridgehead atoms. The van der Waals surface area contributed by atoms with Crippen LogP contribution < -0.4 is 0 Å². The zero-order chi connectivity index (χ0) is 10.3. The second-order valence-corrected chi connectivity index (χ2v) is 4.05. The Kier molecular flexibility index (Phi) is 2.11. The van der Waals surface area contributed by atoms with Crippen LogP contribution in [0.4, 0.5) is 5.69 Å². The first-order chi connectivity index (χ1) is 6.59. The molecule has 0 atom stereocenters. The average molecular weight is 256 g/mol. The maximum atomic E-state index is 11.3. The Hall–Kier alpha value is -1.23. The molecule has 72 valence electrons. The van der Waals surface area contributed by atoms with Gasteiger partial charge in [0.1, 0.15) is 0 Å². The van der Waals surface area contributed by atoms with Crippen LogP contribution in [0.5, 0.6) is 0 Å². The number of rotatable bonds is 1. The summed E-state index contributed by atoms with van der Waals surface area (Å²) < 4.78 is 0.582. The summed E-state index contributed by atoms with van der Waals surface area (Å²) in [5.74, 6) is -0.00981. The molecule has 0 unspecified atom stereocenters. The number of nitro groups is 1. The lowest BCUT2D eigenvalue weighted by Crippen LogP contribution is -1.96. The van der Waals surface area contributed by atoms with Gasteiger partial charge in [-0.15, -0.1) is 0 Å². The second kappa shape index (κ2) is 3.16. The zero-order valence-electron chi connectivity index (χ0n) is 7.12. The summed E-state index contributed by atoms with van der Waals surface area (Å²) in [7, 11) is 0. The van der Waals surface area contributed by atoms with Gasteiger partial charge in [-0.3, -0.25) is 14.9 Å². The topological polar surface area (TPSA) is 60.2 Å². The lowest BCUT2D eigenvalue weighted by Gasteiger charge is -2.00. The van der Waals surface area contributed by atoms with E-state index in [0.29, 0.717) is 28.4 Å². The molecule has 5 heteroatoms. The van der Waals surface area contributed by atoms with E-state index in [1.807, 2.05) is 0 Å². The maximum Gasteiger partial charge on any atom is 0.274 e. The monoisotopic (exact) mass is 255 g/mol. The van der Waals surface area contributed by atoms with Crippen LogP contribution in [0.3, 0.4) is 0 Å². The fourth-order valence-corrected chi connectivity index (χ4v) is 2.12. The van der Waals surface area contributed by atoms with E-state index in [2.05, 4.69) is 15.9 Å². The molecule has 0 aliphatic heterocycles. The highest BCUT2D eigenvalue weighted by Crippen LogP contribution is 2.33. The molecule has 1 aliphatic rings. The Bertz CT molecular complexity index is 442. The molecule has 0 heterocycles. The first-order valence-electron chi connectivity index (χ1n) is 4.09. The van der Waals surface area contributed by atoms with Gasteiger partial charge in [-0.1, -0.05) is 15.9 Å². The van der Waals surface area contributed by atoms with Gasteiger partial charge in [0.2, 0.25) is 0 Å². The molecule has 0 saturated heterocycles. The molecule has 0 spiro atoms. The summed E-state index contributed by atoms with van der Waals surface area (Å²) in [5, 5.41) is 10.7. The van der Waals surface area contributed by atoms with Crippen molar-refractivity contribution in [1.82, 2.24) is 0 Å². The van der Waals surface area contributed by atoms with Gasteiger partial charge in [0.15, 0.2) is 5.78 Å². The molecule has 0 amide bonds. The SMILES string of the molecule is O=C1CCc2c1cc(Br)cc2[N+](=O)[O-]. The van der Waals surface area contributed by atoms with Crippen LogP contribution in [-0.4, -0.2) is 10.7 Å². The first-order valence-corrected chi connectivity index (χ1v) is 4.89. The lowest BCUT2D eigenvalue weighted by atomic mass is 10.1. The number of ketones is 1. The van der Waals surface area contributed by atoms with Gasteiger partial charge in [-0.25, -0.2) is 0 Å². The third-order valence-corrected chi connectivity index (χ3v) is 2.75. The van der Waals surface area contributed by atoms with E-state index in [1.165, 1.54) is 6.07 Å². The molecule has 1 aliphatic carbocycles. The highest BCUT2D eigenvalue weighted by atomic mass is 79.9. The molecule has 2 rings (SSSR count). The number of hydrogen-bond acceptors (Lipinski definition) is 3. The van der Waals surface area contributed by atoms with E-state index in [4.69, 9.17) is 0 Å². The number of benzene rings is 1. The number of hydrogen-bond donors (Lipinski definition) is 0. The van der Waals surface area contributed by atoms with E-state index in [-0.39, 0.29) is 11.5 Å². The molecule has 0 fully saturated rings. The van der Waals surface area contributed by atoms with Crippen LogP contribution in [0.1, 0.15) is 22.3 Å². The molecule has 14 heavy (non-hydrogen) atoms. The van der Waals surface area contributed by atoms with Gasteiger partial charge >= 0.3 is 0 Å². The molecule has 1 aromatic rings. The Morgan fingerprint density at radius 1 is 1.36 bits per heavy atom. The molecular weight excluding hydrogens is 250 g/mol. The van der Waals surface area contributed by atoms with Crippen molar-refractivity contribution in [2.45, 2.75) is 12.8 Å². The quantitative estimate of drug-likeness (QED) is 0.572. The summed E-state index contributed by atoms with van der Waals surface area (Å²) in [4.78, 5) is 21.6. The van der Waals surface area contributed by atoms with Crippen molar-refractivity contribution in [3.05, 3.63) is 37.8 Å². The minimum absolute atomic E-state index is 0.00981. The predicted octanol–water partition coefficient (Wildman–Crippen LogP) is 2.49. The third-order valence-electron chi connectivity index (χ3n) is 2.29. The Labute approximate surface area is 88.2 Å². The summed E-state index contributed by atoms with van der Waals surface area (Å²) in [6.07, 6.45) is 0.865. The third kappa shape index (κ3) is 1.33. The highest BCUT2D eigenvalue weighted by Gasteiger charge is 2.27. The Morgan fingerprint density at radius 3 is 2.71 bits per heavy atom.